The van der Waals surface area contributed by atoms with Crippen LogP contribution >= 0.6 is 0 Å². The number of carbonyl (C=O) groups is 1. The number of anilines is 1. The Kier molecular flexibility index (Phi) is 6.76. The molecule has 0 unspecified atom stereocenters. The monoisotopic (exact) mass is 268 g/mol. The average Bonchev–Trinajstić information content (AvgIpc) is 2.44. The van der Waals surface area contributed by atoms with Crippen LogP contribution in [0, 0.1) is 0 Å². The first-order valence-electron chi connectivity index (χ1n) is 6.19. The number of nitrogens with zero attached hydrogens (tertiary/aromatic N) is 3. The second kappa shape index (κ2) is 8.39. The van der Waals surface area contributed by atoms with Gasteiger partial charge in [-0.15, -0.1) is 10.2 Å². The Hall–Kier alpha value is -1.73. The number of rotatable bonds is 8. The molecule has 1 rings (SSSR count). The third-order valence-corrected chi connectivity index (χ3v) is 2.46. The second-order valence-electron chi connectivity index (χ2n) is 3.84. The van der Waals surface area contributed by atoms with E-state index in [-0.39, 0.29) is 24.8 Å². The minimum atomic E-state index is -0.262. The molecule has 0 aliphatic carbocycles. The van der Waals surface area contributed by atoms with Crippen molar-refractivity contribution >= 4 is 11.7 Å². The number of carbonyl (C=O) groups excluding carboxylic acids is 1. The predicted molar refractivity (Wildman–Crippen MR) is 71.1 cm³/mol. The number of hydrogen-bond acceptors (Lipinski definition) is 6. The quantitative estimate of drug-likeness (QED) is 0.689. The minimum absolute atomic E-state index is 0.0989. The zero-order valence-electron chi connectivity index (χ0n) is 11.3. The topological polar surface area (TPSA) is 87.6 Å². The molecule has 7 nitrogen and oxygen atoms in total. The Morgan fingerprint density at radius 2 is 2.21 bits per heavy atom. The van der Waals surface area contributed by atoms with E-state index < -0.39 is 0 Å². The summed E-state index contributed by atoms with van der Waals surface area (Å²) in [4.78, 5) is 13.6. The number of amides is 1. The molecule has 0 spiro atoms. The van der Waals surface area contributed by atoms with E-state index in [1.54, 1.807) is 19.2 Å². The van der Waals surface area contributed by atoms with Crippen LogP contribution < -0.4 is 5.32 Å². The zero-order chi connectivity index (χ0) is 14.1. The Morgan fingerprint density at radius 3 is 2.74 bits per heavy atom. The molecule has 19 heavy (non-hydrogen) atoms. The third-order valence-electron chi connectivity index (χ3n) is 2.46. The molecule has 7 heteroatoms. The summed E-state index contributed by atoms with van der Waals surface area (Å²) in [6, 6.07) is 3.32. The fourth-order valence-electron chi connectivity index (χ4n) is 1.52. The van der Waals surface area contributed by atoms with Gasteiger partial charge in [0.15, 0.2) is 5.69 Å². The fourth-order valence-corrected chi connectivity index (χ4v) is 1.52. The van der Waals surface area contributed by atoms with Crippen LogP contribution in [0.15, 0.2) is 12.1 Å². The van der Waals surface area contributed by atoms with Crippen molar-refractivity contribution in [3.05, 3.63) is 17.8 Å². The van der Waals surface area contributed by atoms with Crippen molar-refractivity contribution in [2.24, 2.45) is 0 Å². The Balaban J connectivity index is 2.71. The summed E-state index contributed by atoms with van der Waals surface area (Å²) in [7, 11) is 1.56. The van der Waals surface area contributed by atoms with Gasteiger partial charge in [-0.05, 0) is 19.1 Å². The van der Waals surface area contributed by atoms with Crippen molar-refractivity contribution in [2.45, 2.75) is 6.92 Å². The fraction of sp³-hybridized carbons (Fsp3) is 0.583. The average molecular weight is 268 g/mol. The molecule has 0 aliphatic rings. The van der Waals surface area contributed by atoms with Crippen LogP contribution in [0.4, 0.5) is 5.82 Å². The molecule has 1 amide bonds. The van der Waals surface area contributed by atoms with E-state index in [2.05, 4.69) is 15.5 Å². The van der Waals surface area contributed by atoms with Gasteiger partial charge in [-0.3, -0.25) is 4.79 Å². The first-order chi connectivity index (χ1) is 9.22. The van der Waals surface area contributed by atoms with Crippen molar-refractivity contribution in [1.29, 1.82) is 0 Å². The SMILES string of the molecule is CCNc1ccc(C(=O)N(CCO)CCOC)nn1. The molecule has 0 atom stereocenters. The number of aliphatic hydroxyl groups excluding tert-OH is 1. The van der Waals surface area contributed by atoms with E-state index in [1.165, 1.54) is 4.90 Å². The molecule has 0 bridgehead atoms. The number of ether oxygens (including phenoxy) is 1. The summed E-state index contributed by atoms with van der Waals surface area (Å²) >= 11 is 0. The second-order valence-corrected chi connectivity index (χ2v) is 3.84. The molecular weight excluding hydrogens is 248 g/mol. The first-order valence-corrected chi connectivity index (χ1v) is 6.19. The molecule has 0 saturated heterocycles. The summed E-state index contributed by atoms with van der Waals surface area (Å²) in [5.41, 5.74) is 0.256. The van der Waals surface area contributed by atoms with E-state index in [0.717, 1.165) is 6.54 Å². The lowest BCUT2D eigenvalue weighted by atomic mass is 10.3. The van der Waals surface area contributed by atoms with Crippen molar-refractivity contribution in [1.82, 2.24) is 15.1 Å². The van der Waals surface area contributed by atoms with Gasteiger partial charge in [0.25, 0.3) is 5.91 Å². The maximum Gasteiger partial charge on any atom is 0.274 e. The van der Waals surface area contributed by atoms with Crippen LogP contribution in [0.1, 0.15) is 17.4 Å². The van der Waals surface area contributed by atoms with Crippen LogP contribution in [-0.4, -0.2) is 66.1 Å². The van der Waals surface area contributed by atoms with Crippen LogP contribution in [0.5, 0.6) is 0 Å². The molecule has 0 aromatic carbocycles. The third kappa shape index (κ3) is 4.80. The lowest BCUT2D eigenvalue weighted by molar-refractivity contribution is 0.0649. The molecule has 1 aromatic heterocycles. The van der Waals surface area contributed by atoms with Crippen molar-refractivity contribution in [3.63, 3.8) is 0 Å². The van der Waals surface area contributed by atoms with E-state index in [4.69, 9.17) is 9.84 Å². The summed E-state index contributed by atoms with van der Waals surface area (Å²) < 4.78 is 4.93. The lowest BCUT2D eigenvalue weighted by Gasteiger charge is -2.20. The van der Waals surface area contributed by atoms with Crippen LogP contribution in [0.25, 0.3) is 0 Å². The van der Waals surface area contributed by atoms with Crippen LogP contribution in [0.3, 0.4) is 0 Å². The van der Waals surface area contributed by atoms with Crippen LogP contribution in [-0.2, 0) is 4.74 Å². The van der Waals surface area contributed by atoms with Gasteiger partial charge in [0.2, 0.25) is 0 Å². The molecule has 0 saturated carbocycles. The molecule has 1 heterocycles. The molecule has 0 radical (unpaired) electrons. The number of methoxy groups -OCH3 is 1. The van der Waals surface area contributed by atoms with Gasteiger partial charge in [-0.2, -0.15) is 0 Å². The standard InChI is InChI=1S/C12H20N4O3/c1-3-13-11-5-4-10(14-15-11)12(18)16(6-8-17)7-9-19-2/h4-5,17H,3,6-9H2,1-2H3,(H,13,15). The molecule has 0 aliphatic heterocycles. The van der Waals surface area contributed by atoms with E-state index in [1.807, 2.05) is 6.92 Å². The largest absolute Gasteiger partial charge is 0.395 e. The summed E-state index contributed by atoms with van der Waals surface area (Å²) in [6.45, 7) is 3.67. The predicted octanol–water partition coefficient (Wildman–Crippen LogP) is -0.0107. The highest BCUT2D eigenvalue weighted by Gasteiger charge is 2.16. The number of nitrogens with one attached hydrogen (secondary N) is 1. The number of aromatic nitrogens is 2. The summed E-state index contributed by atoms with van der Waals surface area (Å²) in [5.74, 6) is 0.367. The van der Waals surface area contributed by atoms with E-state index in [0.29, 0.717) is 19.0 Å². The van der Waals surface area contributed by atoms with Crippen molar-refractivity contribution in [2.75, 3.05) is 45.3 Å². The highest BCUT2D eigenvalue weighted by Crippen LogP contribution is 2.05. The maximum atomic E-state index is 12.1. The van der Waals surface area contributed by atoms with Crippen molar-refractivity contribution in [3.8, 4) is 0 Å². The van der Waals surface area contributed by atoms with Gasteiger partial charge >= 0.3 is 0 Å². The van der Waals surface area contributed by atoms with Gasteiger partial charge in [-0.1, -0.05) is 0 Å². The lowest BCUT2D eigenvalue weighted by Crippen LogP contribution is -2.36. The van der Waals surface area contributed by atoms with Gasteiger partial charge in [0, 0.05) is 26.7 Å². The van der Waals surface area contributed by atoms with Crippen molar-refractivity contribution < 1.29 is 14.6 Å². The normalized spacial score (nSPS) is 10.3. The Morgan fingerprint density at radius 1 is 1.42 bits per heavy atom. The minimum Gasteiger partial charge on any atom is -0.395 e. The molecular formula is C12H20N4O3. The Labute approximate surface area is 112 Å². The smallest absolute Gasteiger partial charge is 0.274 e. The van der Waals surface area contributed by atoms with E-state index in [9.17, 15) is 4.79 Å². The zero-order valence-corrected chi connectivity index (χ0v) is 11.3. The molecule has 2 N–H and O–H groups in total. The van der Waals surface area contributed by atoms with Gasteiger partial charge in [0.05, 0.1) is 13.2 Å². The first kappa shape index (κ1) is 15.3. The van der Waals surface area contributed by atoms with Crippen LogP contribution in [0.2, 0.25) is 0 Å². The van der Waals surface area contributed by atoms with Gasteiger partial charge in [0.1, 0.15) is 5.82 Å². The summed E-state index contributed by atoms with van der Waals surface area (Å²) in [5, 5.41) is 19.8. The number of hydrogen-bond donors (Lipinski definition) is 2. The molecule has 1 aromatic rings. The highest BCUT2D eigenvalue weighted by atomic mass is 16.5. The molecule has 106 valence electrons. The number of aliphatic hydroxyl groups is 1. The Bertz CT molecular complexity index is 383. The van der Waals surface area contributed by atoms with Gasteiger partial charge in [-0.25, -0.2) is 0 Å². The summed E-state index contributed by atoms with van der Waals surface area (Å²) in [6.07, 6.45) is 0. The highest BCUT2D eigenvalue weighted by molar-refractivity contribution is 5.92. The van der Waals surface area contributed by atoms with Gasteiger partial charge < -0.3 is 20.1 Å². The molecule has 0 fully saturated rings. The van der Waals surface area contributed by atoms with E-state index >= 15 is 0 Å². The maximum absolute atomic E-state index is 12.1.